The van der Waals surface area contributed by atoms with Crippen molar-refractivity contribution < 1.29 is 14.3 Å². The number of benzene rings is 1. The lowest BCUT2D eigenvalue weighted by molar-refractivity contribution is 0.0312. The Morgan fingerprint density at radius 2 is 1.61 bits per heavy atom. The van der Waals surface area contributed by atoms with Crippen molar-refractivity contribution in [2.45, 2.75) is 40.7 Å². The van der Waals surface area contributed by atoms with Gasteiger partial charge in [0.25, 0.3) is 0 Å². The Bertz CT molecular complexity index is 752. The molecule has 0 bridgehead atoms. The maximum Gasteiger partial charge on any atom is 0.359 e. The summed E-state index contributed by atoms with van der Waals surface area (Å²) in [5.41, 5.74) is 4.39. The predicted molar refractivity (Wildman–Crippen MR) is 86.6 cm³/mol. The minimum Gasteiger partial charge on any atom is -0.449 e. The standard InChI is InChI=1S/C18H20N2O3/c1-10-6-12(3)15(7-11(10)2)17(21)14(5)23-18(22)16-9-19-13(4)8-20-16/h6-9,14H,1-5H3/t14-/m0/s1. The molecule has 0 N–H and O–H groups in total. The first-order valence-electron chi connectivity index (χ1n) is 7.41. The van der Waals surface area contributed by atoms with Crippen LogP contribution in [0.5, 0.6) is 0 Å². The molecule has 0 unspecified atom stereocenters. The first kappa shape index (κ1) is 16.8. The van der Waals surface area contributed by atoms with E-state index in [1.54, 1.807) is 13.8 Å². The van der Waals surface area contributed by atoms with Gasteiger partial charge in [-0.25, -0.2) is 9.78 Å². The highest BCUT2D eigenvalue weighted by Gasteiger charge is 2.23. The van der Waals surface area contributed by atoms with Gasteiger partial charge in [0.2, 0.25) is 5.78 Å². The molecule has 0 amide bonds. The van der Waals surface area contributed by atoms with E-state index in [1.807, 2.05) is 32.9 Å². The van der Waals surface area contributed by atoms with Crippen LogP contribution in [0.2, 0.25) is 0 Å². The van der Waals surface area contributed by atoms with Gasteiger partial charge in [0.1, 0.15) is 0 Å². The lowest BCUT2D eigenvalue weighted by Crippen LogP contribution is -2.25. The third kappa shape index (κ3) is 3.80. The molecular weight excluding hydrogens is 292 g/mol. The van der Waals surface area contributed by atoms with Crippen LogP contribution in [0.4, 0.5) is 0 Å². The van der Waals surface area contributed by atoms with Gasteiger partial charge < -0.3 is 4.74 Å². The number of hydrogen-bond acceptors (Lipinski definition) is 5. The minimum absolute atomic E-state index is 0.0899. The van der Waals surface area contributed by atoms with E-state index in [9.17, 15) is 9.59 Å². The van der Waals surface area contributed by atoms with Gasteiger partial charge in [-0.15, -0.1) is 0 Å². The topological polar surface area (TPSA) is 69.2 Å². The molecule has 0 spiro atoms. The first-order valence-corrected chi connectivity index (χ1v) is 7.41. The summed E-state index contributed by atoms with van der Waals surface area (Å²) in [5.74, 6) is -0.876. The second-order valence-electron chi connectivity index (χ2n) is 5.71. The van der Waals surface area contributed by atoms with Crippen LogP contribution in [-0.4, -0.2) is 27.8 Å². The fraction of sp³-hybridized carbons (Fsp3) is 0.333. The Morgan fingerprint density at radius 3 is 2.22 bits per heavy atom. The molecule has 23 heavy (non-hydrogen) atoms. The highest BCUT2D eigenvalue weighted by molar-refractivity contribution is 6.02. The smallest absolute Gasteiger partial charge is 0.359 e. The SMILES string of the molecule is Cc1cnc(C(=O)O[C@@H](C)C(=O)c2cc(C)c(C)cc2C)cn1. The van der Waals surface area contributed by atoms with Crippen molar-refractivity contribution in [3.8, 4) is 0 Å². The summed E-state index contributed by atoms with van der Waals surface area (Å²) in [6.07, 6.45) is 1.94. The van der Waals surface area contributed by atoms with Gasteiger partial charge in [-0.05, 0) is 57.4 Å². The molecule has 1 atom stereocenters. The van der Waals surface area contributed by atoms with Crippen LogP contribution in [0, 0.1) is 27.7 Å². The third-order valence-corrected chi connectivity index (χ3v) is 3.75. The number of hydrogen-bond donors (Lipinski definition) is 0. The molecule has 0 radical (unpaired) electrons. The van der Waals surface area contributed by atoms with E-state index in [0.717, 1.165) is 16.7 Å². The second kappa shape index (κ2) is 6.69. The van der Waals surface area contributed by atoms with Crippen LogP contribution in [0.25, 0.3) is 0 Å². The number of aryl methyl sites for hydroxylation is 4. The van der Waals surface area contributed by atoms with Gasteiger partial charge in [-0.3, -0.25) is 9.78 Å². The average molecular weight is 312 g/mol. The lowest BCUT2D eigenvalue weighted by atomic mass is 9.96. The normalized spacial score (nSPS) is 11.9. The average Bonchev–Trinajstić information content (AvgIpc) is 2.50. The van der Waals surface area contributed by atoms with Crippen LogP contribution in [0.3, 0.4) is 0 Å². The Morgan fingerprint density at radius 1 is 0.957 bits per heavy atom. The highest BCUT2D eigenvalue weighted by Crippen LogP contribution is 2.18. The maximum atomic E-state index is 12.5. The van der Waals surface area contributed by atoms with E-state index in [1.165, 1.54) is 12.4 Å². The number of ketones is 1. The van der Waals surface area contributed by atoms with Gasteiger partial charge in [0.15, 0.2) is 11.8 Å². The van der Waals surface area contributed by atoms with Crippen LogP contribution in [0.15, 0.2) is 24.5 Å². The summed E-state index contributed by atoms with van der Waals surface area (Å²) >= 11 is 0. The summed E-state index contributed by atoms with van der Waals surface area (Å²) in [5, 5.41) is 0. The molecule has 1 aromatic heterocycles. The van der Waals surface area contributed by atoms with Crippen molar-refractivity contribution in [2.24, 2.45) is 0 Å². The van der Waals surface area contributed by atoms with E-state index in [2.05, 4.69) is 9.97 Å². The maximum absolute atomic E-state index is 12.5. The van der Waals surface area contributed by atoms with Gasteiger partial charge in [0.05, 0.1) is 11.9 Å². The Kier molecular flexibility index (Phi) is 4.89. The van der Waals surface area contributed by atoms with Crippen molar-refractivity contribution in [1.29, 1.82) is 0 Å². The summed E-state index contributed by atoms with van der Waals surface area (Å²) < 4.78 is 5.23. The first-order chi connectivity index (χ1) is 10.8. The number of carbonyl (C=O) groups is 2. The monoisotopic (exact) mass is 312 g/mol. The van der Waals surface area contributed by atoms with Gasteiger partial charge in [-0.1, -0.05) is 6.07 Å². The fourth-order valence-corrected chi connectivity index (χ4v) is 2.22. The number of aromatic nitrogens is 2. The molecule has 5 heteroatoms. The van der Waals surface area contributed by atoms with Crippen LogP contribution in [0.1, 0.15) is 50.2 Å². The molecule has 5 nitrogen and oxygen atoms in total. The number of esters is 1. The number of carbonyl (C=O) groups excluding carboxylic acids is 2. The number of Topliss-reactive ketones (excluding diaryl/α,β-unsaturated/α-hetero) is 1. The third-order valence-electron chi connectivity index (χ3n) is 3.75. The molecule has 0 aliphatic rings. The van der Waals surface area contributed by atoms with Crippen molar-refractivity contribution in [2.75, 3.05) is 0 Å². The number of nitrogens with zero attached hydrogens (tertiary/aromatic N) is 2. The molecule has 2 aromatic rings. The highest BCUT2D eigenvalue weighted by atomic mass is 16.5. The molecule has 120 valence electrons. The molecule has 1 aromatic carbocycles. The summed E-state index contributed by atoms with van der Waals surface area (Å²) in [7, 11) is 0. The van der Waals surface area contributed by atoms with E-state index in [-0.39, 0.29) is 11.5 Å². The van der Waals surface area contributed by atoms with E-state index >= 15 is 0 Å². The van der Waals surface area contributed by atoms with Crippen molar-refractivity contribution >= 4 is 11.8 Å². The number of ether oxygens (including phenoxy) is 1. The molecule has 0 saturated heterocycles. The minimum atomic E-state index is -0.883. The quantitative estimate of drug-likeness (QED) is 0.641. The lowest BCUT2D eigenvalue weighted by Gasteiger charge is -2.15. The molecule has 0 fully saturated rings. The van der Waals surface area contributed by atoms with Crippen molar-refractivity contribution in [3.63, 3.8) is 0 Å². The van der Waals surface area contributed by atoms with Gasteiger partial charge in [0, 0.05) is 11.8 Å². The van der Waals surface area contributed by atoms with Gasteiger partial charge in [-0.2, -0.15) is 0 Å². The molecule has 1 heterocycles. The van der Waals surface area contributed by atoms with Gasteiger partial charge >= 0.3 is 5.97 Å². The summed E-state index contributed by atoms with van der Waals surface area (Å²) in [6.45, 7) is 9.16. The molecule has 0 aliphatic heterocycles. The zero-order valence-corrected chi connectivity index (χ0v) is 14.0. The van der Waals surface area contributed by atoms with Crippen LogP contribution >= 0.6 is 0 Å². The van der Waals surface area contributed by atoms with E-state index < -0.39 is 12.1 Å². The van der Waals surface area contributed by atoms with Crippen LogP contribution in [-0.2, 0) is 4.74 Å². The Hall–Kier alpha value is -2.56. The van der Waals surface area contributed by atoms with Crippen LogP contribution < -0.4 is 0 Å². The summed E-state index contributed by atoms with van der Waals surface area (Å²) in [6, 6.07) is 3.80. The largest absolute Gasteiger partial charge is 0.449 e. The van der Waals surface area contributed by atoms with Crippen molar-refractivity contribution in [3.05, 3.63) is 58.2 Å². The molecule has 0 saturated carbocycles. The molecular formula is C18H20N2O3. The van der Waals surface area contributed by atoms with E-state index in [0.29, 0.717) is 11.3 Å². The molecule has 2 rings (SSSR count). The summed E-state index contributed by atoms with van der Waals surface area (Å²) in [4.78, 5) is 32.5. The zero-order valence-electron chi connectivity index (χ0n) is 14.0. The predicted octanol–water partition coefficient (Wildman–Crippen LogP) is 3.14. The Labute approximate surface area is 135 Å². The van der Waals surface area contributed by atoms with Crippen molar-refractivity contribution in [1.82, 2.24) is 9.97 Å². The Balaban J connectivity index is 2.15. The molecule has 0 aliphatic carbocycles. The second-order valence-corrected chi connectivity index (χ2v) is 5.71. The zero-order chi connectivity index (χ0) is 17.1. The van der Waals surface area contributed by atoms with E-state index in [4.69, 9.17) is 4.74 Å². The fourth-order valence-electron chi connectivity index (χ4n) is 2.22. The number of rotatable bonds is 4.